The summed E-state index contributed by atoms with van der Waals surface area (Å²) in [7, 11) is 0. The van der Waals surface area contributed by atoms with Gasteiger partial charge in [-0.15, -0.1) is 0 Å². The first-order chi connectivity index (χ1) is 12.5. The van der Waals surface area contributed by atoms with Gasteiger partial charge in [-0.3, -0.25) is 10.1 Å². The van der Waals surface area contributed by atoms with Gasteiger partial charge in [0, 0.05) is 42.0 Å². The Morgan fingerprint density at radius 2 is 2.00 bits per heavy atom. The molecule has 0 amide bonds. The predicted molar refractivity (Wildman–Crippen MR) is 98.9 cm³/mol. The average Bonchev–Trinajstić information content (AvgIpc) is 3.01. The number of halogens is 1. The molecule has 1 N–H and O–H groups in total. The highest BCUT2D eigenvalue weighted by Crippen LogP contribution is 2.35. The molecule has 0 spiro atoms. The number of nitro groups is 1. The molecule has 4 rings (SSSR count). The van der Waals surface area contributed by atoms with Gasteiger partial charge in [-0.05, 0) is 41.8 Å². The average molecular weight is 351 g/mol. The molecule has 1 aromatic heterocycles. The van der Waals surface area contributed by atoms with Crippen LogP contribution in [-0.2, 0) is 0 Å². The molecule has 6 heteroatoms. The second-order valence-corrected chi connectivity index (χ2v) is 6.56. The van der Waals surface area contributed by atoms with Crippen molar-refractivity contribution in [3.05, 3.63) is 82.3 Å². The van der Waals surface area contributed by atoms with E-state index in [2.05, 4.69) is 24.4 Å². The maximum Gasteiger partial charge on any atom is 0.270 e. The number of hydrogen-bond donors (Lipinski definition) is 1. The van der Waals surface area contributed by atoms with E-state index in [1.807, 2.05) is 10.8 Å². The van der Waals surface area contributed by atoms with Gasteiger partial charge in [-0.25, -0.2) is 4.39 Å². The maximum atomic E-state index is 13.3. The summed E-state index contributed by atoms with van der Waals surface area (Å²) in [6.07, 6.45) is 6.23. The number of aromatic nitrogens is 1. The van der Waals surface area contributed by atoms with Crippen LogP contribution in [0, 0.1) is 21.8 Å². The number of rotatable bonds is 3. The second-order valence-electron chi connectivity index (χ2n) is 6.56. The first-order valence-electron chi connectivity index (χ1n) is 8.50. The molecule has 0 saturated carbocycles. The fourth-order valence-corrected chi connectivity index (χ4v) is 3.59. The fourth-order valence-electron chi connectivity index (χ4n) is 3.59. The van der Waals surface area contributed by atoms with Gasteiger partial charge in [-0.2, -0.15) is 0 Å². The molecule has 1 aliphatic rings. The van der Waals surface area contributed by atoms with Crippen LogP contribution in [0.1, 0.15) is 18.5 Å². The molecule has 1 aliphatic heterocycles. The van der Waals surface area contributed by atoms with Crippen molar-refractivity contribution in [1.29, 1.82) is 0 Å². The number of hydrogen-bond acceptors (Lipinski definition) is 3. The molecule has 26 heavy (non-hydrogen) atoms. The third-order valence-electron chi connectivity index (χ3n) is 4.89. The van der Waals surface area contributed by atoms with Crippen LogP contribution >= 0.6 is 0 Å². The zero-order valence-electron chi connectivity index (χ0n) is 14.2. The first kappa shape index (κ1) is 16.5. The van der Waals surface area contributed by atoms with E-state index in [-0.39, 0.29) is 28.4 Å². The molecule has 0 saturated heterocycles. The van der Waals surface area contributed by atoms with E-state index in [9.17, 15) is 14.5 Å². The monoisotopic (exact) mass is 351 g/mol. The highest BCUT2D eigenvalue weighted by Gasteiger charge is 2.25. The molecule has 5 nitrogen and oxygen atoms in total. The van der Waals surface area contributed by atoms with Crippen molar-refractivity contribution < 1.29 is 9.31 Å². The van der Waals surface area contributed by atoms with Crippen LogP contribution in [-0.4, -0.2) is 16.0 Å². The Balaban J connectivity index is 1.94. The lowest BCUT2D eigenvalue weighted by Gasteiger charge is -2.25. The fraction of sp³-hybridized carbons (Fsp3) is 0.200. The highest BCUT2D eigenvalue weighted by molar-refractivity contribution is 5.88. The molecule has 2 unspecified atom stereocenters. The first-order valence-corrected chi connectivity index (χ1v) is 8.50. The van der Waals surface area contributed by atoms with Crippen LogP contribution in [0.5, 0.6) is 0 Å². The lowest BCUT2D eigenvalue weighted by molar-refractivity contribution is -0.384. The Morgan fingerprint density at radius 1 is 1.23 bits per heavy atom. The Kier molecular flexibility index (Phi) is 4.05. The van der Waals surface area contributed by atoms with E-state index in [1.54, 1.807) is 24.3 Å². The predicted octanol–water partition coefficient (Wildman–Crippen LogP) is 4.51. The van der Waals surface area contributed by atoms with Crippen LogP contribution in [0.3, 0.4) is 0 Å². The lowest BCUT2D eigenvalue weighted by atomic mass is 9.91. The standard InChI is InChI=1S/C20H18FN3O2/c1-13-3-2-10-22-20(13)18-12-23(15-6-4-14(21)5-7-15)19-9-8-16(24(25)26)11-17(18)19/h2-9,11-13,20,22H,10H2,1H3. The van der Waals surface area contributed by atoms with Gasteiger partial charge in [0.2, 0.25) is 0 Å². The number of nitro benzene ring substituents is 1. The molecule has 0 aliphatic carbocycles. The van der Waals surface area contributed by atoms with Gasteiger partial charge >= 0.3 is 0 Å². The van der Waals surface area contributed by atoms with Crippen molar-refractivity contribution in [2.75, 3.05) is 6.54 Å². The SMILES string of the molecule is CC1C=CCNC1c1cn(-c2ccc(F)cc2)c2ccc([N+](=O)[O-])cc12. The van der Waals surface area contributed by atoms with Crippen LogP contribution in [0.2, 0.25) is 0 Å². The molecular formula is C20H18FN3O2. The Labute approximate surface area is 149 Å². The molecule has 0 bridgehead atoms. The minimum atomic E-state index is -0.379. The smallest absolute Gasteiger partial charge is 0.270 e. The maximum absolute atomic E-state index is 13.3. The summed E-state index contributed by atoms with van der Waals surface area (Å²) in [6, 6.07) is 11.2. The van der Waals surface area contributed by atoms with E-state index < -0.39 is 0 Å². The lowest BCUT2D eigenvalue weighted by Crippen LogP contribution is -2.29. The summed E-state index contributed by atoms with van der Waals surface area (Å²) in [5, 5.41) is 15.5. The molecule has 3 aromatic rings. The Bertz CT molecular complexity index is 1010. The topological polar surface area (TPSA) is 60.1 Å². The van der Waals surface area contributed by atoms with Crippen molar-refractivity contribution in [2.45, 2.75) is 13.0 Å². The third-order valence-corrected chi connectivity index (χ3v) is 4.89. The molecule has 2 atom stereocenters. The minimum Gasteiger partial charge on any atom is -0.316 e. The summed E-state index contributed by atoms with van der Waals surface area (Å²) in [4.78, 5) is 10.9. The summed E-state index contributed by atoms with van der Waals surface area (Å²) < 4.78 is 15.3. The number of benzene rings is 2. The van der Waals surface area contributed by atoms with Crippen molar-refractivity contribution in [1.82, 2.24) is 9.88 Å². The van der Waals surface area contributed by atoms with E-state index in [1.165, 1.54) is 18.2 Å². The number of non-ortho nitro benzene ring substituents is 1. The van der Waals surface area contributed by atoms with E-state index >= 15 is 0 Å². The van der Waals surface area contributed by atoms with Crippen molar-refractivity contribution in [2.24, 2.45) is 5.92 Å². The Morgan fingerprint density at radius 3 is 2.69 bits per heavy atom. The number of nitrogens with one attached hydrogen (secondary N) is 1. The van der Waals surface area contributed by atoms with Crippen LogP contribution in [0.25, 0.3) is 16.6 Å². The highest BCUT2D eigenvalue weighted by atomic mass is 19.1. The number of fused-ring (bicyclic) bond motifs is 1. The van der Waals surface area contributed by atoms with E-state index in [4.69, 9.17) is 0 Å². The van der Waals surface area contributed by atoms with E-state index in [0.717, 1.165) is 28.7 Å². The van der Waals surface area contributed by atoms with Gasteiger partial charge in [0.25, 0.3) is 5.69 Å². The molecule has 0 radical (unpaired) electrons. The molecule has 2 aromatic carbocycles. The molecule has 0 fully saturated rings. The second kappa shape index (κ2) is 6.38. The quantitative estimate of drug-likeness (QED) is 0.429. The zero-order valence-corrected chi connectivity index (χ0v) is 14.2. The molecule has 132 valence electrons. The summed E-state index contributed by atoms with van der Waals surface area (Å²) in [6.45, 7) is 2.87. The molecule has 2 heterocycles. The third kappa shape index (κ3) is 2.78. The Hall–Kier alpha value is -2.99. The normalized spacial score (nSPS) is 19.8. The van der Waals surface area contributed by atoms with E-state index in [0.29, 0.717) is 0 Å². The van der Waals surface area contributed by atoms with Gasteiger partial charge in [0.15, 0.2) is 0 Å². The molecular weight excluding hydrogens is 333 g/mol. The van der Waals surface area contributed by atoms with Crippen molar-refractivity contribution in [3.8, 4) is 5.69 Å². The van der Waals surface area contributed by atoms with Crippen LogP contribution in [0.15, 0.2) is 60.8 Å². The largest absolute Gasteiger partial charge is 0.316 e. The van der Waals surface area contributed by atoms with Crippen molar-refractivity contribution >= 4 is 16.6 Å². The minimum absolute atomic E-state index is 0.0613. The van der Waals surface area contributed by atoms with Gasteiger partial charge in [-0.1, -0.05) is 19.1 Å². The van der Waals surface area contributed by atoms with Crippen molar-refractivity contribution in [3.63, 3.8) is 0 Å². The van der Waals surface area contributed by atoms with Gasteiger partial charge in [0.05, 0.1) is 10.4 Å². The summed E-state index contributed by atoms with van der Waals surface area (Å²) in [5.74, 6) is -0.0379. The van der Waals surface area contributed by atoms with Crippen LogP contribution < -0.4 is 5.32 Å². The van der Waals surface area contributed by atoms with Gasteiger partial charge < -0.3 is 9.88 Å². The zero-order chi connectivity index (χ0) is 18.3. The van der Waals surface area contributed by atoms with Crippen LogP contribution in [0.4, 0.5) is 10.1 Å². The van der Waals surface area contributed by atoms with Gasteiger partial charge in [0.1, 0.15) is 5.82 Å². The summed E-state index contributed by atoms with van der Waals surface area (Å²) >= 11 is 0. The number of nitrogens with zero attached hydrogens (tertiary/aromatic N) is 2. The summed E-state index contributed by atoms with van der Waals surface area (Å²) in [5.41, 5.74) is 2.75.